The van der Waals surface area contributed by atoms with Crippen molar-refractivity contribution in [2.45, 2.75) is 32.9 Å². The summed E-state index contributed by atoms with van der Waals surface area (Å²) in [5, 5.41) is 4.39. The zero-order valence-electron chi connectivity index (χ0n) is 8.33. The lowest BCUT2D eigenvalue weighted by Gasteiger charge is -2.06. The molecule has 1 unspecified atom stereocenters. The average Bonchev–Trinajstić information content (AvgIpc) is 2.45. The first kappa shape index (κ1) is 11.2. The highest BCUT2D eigenvalue weighted by molar-refractivity contribution is 6.33. The van der Waals surface area contributed by atoms with Crippen LogP contribution in [0.2, 0.25) is 5.02 Å². The van der Waals surface area contributed by atoms with E-state index in [9.17, 15) is 4.79 Å². The van der Waals surface area contributed by atoms with Crippen molar-refractivity contribution in [3.8, 4) is 0 Å². The molecule has 0 aliphatic heterocycles. The summed E-state index contributed by atoms with van der Waals surface area (Å²) in [6.45, 7) is 4.33. The molecule has 0 radical (unpaired) electrons. The second-order valence-electron chi connectivity index (χ2n) is 3.26. The highest BCUT2D eigenvalue weighted by Gasteiger charge is 2.17. The Bertz CT molecular complexity index is 333. The molecule has 0 spiro atoms. The van der Waals surface area contributed by atoms with Crippen molar-refractivity contribution in [3.63, 3.8) is 0 Å². The maximum absolute atomic E-state index is 11.7. The summed E-state index contributed by atoms with van der Waals surface area (Å²) in [6, 6.07) is -0.154. The number of aromatic nitrogens is 2. The lowest BCUT2D eigenvalue weighted by atomic mass is 10.1. The molecule has 2 N–H and O–H groups in total. The summed E-state index contributed by atoms with van der Waals surface area (Å²) < 4.78 is 1.59. The van der Waals surface area contributed by atoms with E-state index in [0.29, 0.717) is 23.7 Å². The van der Waals surface area contributed by atoms with E-state index in [1.54, 1.807) is 11.6 Å². The molecule has 0 aliphatic rings. The van der Waals surface area contributed by atoms with Gasteiger partial charge in [-0.2, -0.15) is 5.10 Å². The third-order valence-corrected chi connectivity index (χ3v) is 2.14. The molecule has 14 heavy (non-hydrogen) atoms. The standard InChI is InChI=1S/C9H14ClN3O/c1-3-13-9(7(10)5-12-13)8(14)4-6(2)11/h5-6H,3-4,11H2,1-2H3. The number of Topliss-reactive ketones (excluding diaryl/α,β-unsaturated/α-hetero) is 1. The van der Waals surface area contributed by atoms with Crippen molar-refractivity contribution in [3.05, 3.63) is 16.9 Å². The van der Waals surface area contributed by atoms with Gasteiger partial charge in [-0.05, 0) is 13.8 Å². The van der Waals surface area contributed by atoms with Crippen LogP contribution in [0.25, 0.3) is 0 Å². The maximum atomic E-state index is 11.7. The van der Waals surface area contributed by atoms with E-state index < -0.39 is 0 Å². The van der Waals surface area contributed by atoms with Crippen LogP contribution >= 0.6 is 11.6 Å². The van der Waals surface area contributed by atoms with Crippen molar-refractivity contribution in [2.24, 2.45) is 5.73 Å². The van der Waals surface area contributed by atoms with Crippen molar-refractivity contribution in [1.29, 1.82) is 0 Å². The number of carbonyl (C=O) groups is 1. The predicted octanol–water partition coefficient (Wildman–Crippen LogP) is 1.48. The molecule has 0 aliphatic carbocycles. The molecule has 5 heteroatoms. The molecule has 1 rings (SSSR count). The topological polar surface area (TPSA) is 60.9 Å². The number of nitrogens with two attached hydrogens (primary N) is 1. The van der Waals surface area contributed by atoms with Gasteiger partial charge in [0.2, 0.25) is 0 Å². The SMILES string of the molecule is CCn1ncc(Cl)c1C(=O)CC(C)N. The maximum Gasteiger partial charge on any atom is 0.183 e. The minimum absolute atomic E-state index is 0.0515. The fourth-order valence-electron chi connectivity index (χ4n) is 1.27. The highest BCUT2D eigenvalue weighted by atomic mass is 35.5. The van der Waals surface area contributed by atoms with Gasteiger partial charge in [0.25, 0.3) is 0 Å². The lowest BCUT2D eigenvalue weighted by molar-refractivity contribution is 0.0966. The number of rotatable bonds is 4. The number of ketones is 1. The van der Waals surface area contributed by atoms with E-state index in [4.69, 9.17) is 17.3 Å². The summed E-state index contributed by atoms with van der Waals surface area (Å²) in [4.78, 5) is 11.7. The van der Waals surface area contributed by atoms with Crippen LogP contribution < -0.4 is 5.73 Å². The monoisotopic (exact) mass is 215 g/mol. The van der Waals surface area contributed by atoms with Gasteiger partial charge in [0.1, 0.15) is 5.69 Å². The fraction of sp³-hybridized carbons (Fsp3) is 0.556. The van der Waals surface area contributed by atoms with Gasteiger partial charge in [0, 0.05) is 19.0 Å². The second-order valence-corrected chi connectivity index (χ2v) is 3.67. The van der Waals surface area contributed by atoms with Crippen molar-refractivity contribution in [1.82, 2.24) is 9.78 Å². The molecule has 78 valence electrons. The third-order valence-electron chi connectivity index (χ3n) is 1.87. The minimum atomic E-state index is -0.154. The Morgan fingerprint density at radius 1 is 1.79 bits per heavy atom. The van der Waals surface area contributed by atoms with Gasteiger partial charge in [-0.1, -0.05) is 11.6 Å². The first-order chi connectivity index (χ1) is 6.56. The number of aryl methyl sites for hydroxylation is 1. The first-order valence-corrected chi connectivity index (χ1v) is 4.94. The molecule has 0 aromatic carbocycles. The van der Waals surface area contributed by atoms with Crippen molar-refractivity contribution >= 4 is 17.4 Å². The molecule has 1 aromatic rings. The molecule has 1 atom stereocenters. The summed E-state index contributed by atoms with van der Waals surface area (Å²) in [6.07, 6.45) is 1.78. The first-order valence-electron chi connectivity index (χ1n) is 4.56. The molecule has 0 saturated carbocycles. The summed E-state index contributed by atoms with van der Waals surface area (Å²) >= 11 is 5.86. The van der Waals surface area contributed by atoms with E-state index in [-0.39, 0.29) is 11.8 Å². The van der Waals surface area contributed by atoms with Gasteiger partial charge >= 0.3 is 0 Å². The summed E-state index contributed by atoms with van der Waals surface area (Å²) in [5.41, 5.74) is 6.01. The molecule has 0 fully saturated rings. The van der Waals surface area contributed by atoms with Crippen LogP contribution in [0.15, 0.2) is 6.20 Å². The van der Waals surface area contributed by atoms with E-state index in [2.05, 4.69) is 5.10 Å². The van der Waals surface area contributed by atoms with Crippen LogP contribution in [0.4, 0.5) is 0 Å². The zero-order chi connectivity index (χ0) is 10.7. The largest absolute Gasteiger partial charge is 0.328 e. The normalized spacial score (nSPS) is 12.9. The average molecular weight is 216 g/mol. The molecule has 4 nitrogen and oxygen atoms in total. The molecule has 1 aromatic heterocycles. The van der Waals surface area contributed by atoms with Gasteiger partial charge in [-0.15, -0.1) is 0 Å². The Balaban J connectivity index is 2.93. The molecule has 0 amide bonds. The summed E-state index contributed by atoms with van der Waals surface area (Å²) in [7, 11) is 0. The number of hydrogen-bond donors (Lipinski definition) is 1. The number of nitrogens with zero attached hydrogens (tertiary/aromatic N) is 2. The van der Waals surface area contributed by atoms with E-state index in [1.807, 2.05) is 6.92 Å². The number of hydrogen-bond acceptors (Lipinski definition) is 3. The molecule has 0 saturated heterocycles. The lowest BCUT2D eigenvalue weighted by Crippen LogP contribution is -2.21. The quantitative estimate of drug-likeness (QED) is 0.774. The summed E-state index contributed by atoms with van der Waals surface area (Å²) in [5.74, 6) is -0.0515. The fourth-order valence-corrected chi connectivity index (χ4v) is 1.52. The van der Waals surface area contributed by atoms with Crippen LogP contribution in [0.1, 0.15) is 30.8 Å². The van der Waals surface area contributed by atoms with Crippen molar-refractivity contribution < 1.29 is 4.79 Å². The van der Waals surface area contributed by atoms with E-state index in [1.165, 1.54) is 6.20 Å². The molecular formula is C9H14ClN3O. The number of halogens is 1. The van der Waals surface area contributed by atoms with Crippen LogP contribution in [0.5, 0.6) is 0 Å². The van der Waals surface area contributed by atoms with Gasteiger partial charge in [0.05, 0.1) is 11.2 Å². The Hall–Kier alpha value is -0.870. The van der Waals surface area contributed by atoms with E-state index in [0.717, 1.165) is 0 Å². The van der Waals surface area contributed by atoms with Gasteiger partial charge < -0.3 is 5.73 Å². The number of carbonyl (C=O) groups excluding carboxylic acids is 1. The third kappa shape index (κ3) is 2.33. The van der Waals surface area contributed by atoms with Crippen LogP contribution in [-0.4, -0.2) is 21.6 Å². The predicted molar refractivity (Wildman–Crippen MR) is 55.5 cm³/mol. The highest BCUT2D eigenvalue weighted by Crippen LogP contribution is 2.17. The van der Waals surface area contributed by atoms with Crippen molar-refractivity contribution in [2.75, 3.05) is 0 Å². The molecule has 0 bridgehead atoms. The molecular weight excluding hydrogens is 202 g/mol. The van der Waals surface area contributed by atoms with Crippen LogP contribution in [0.3, 0.4) is 0 Å². The van der Waals surface area contributed by atoms with Gasteiger partial charge in [0.15, 0.2) is 5.78 Å². The van der Waals surface area contributed by atoms with Gasteiger partial charge in [-0.3, -0.25) is 9.48 Å². The van der Waals surface area contributed by atoms with Crippen LogP contribution in [-0.2, 0) is 6.54 Å². The second kappa shape index (κ2) is 4.57. The Morgan fingerprint density at radius 3 is 2.93 bits per heavy atom. The van der Waals surface area contributed by atoms with E-state index >= 15 is 0 Å². The zero-order valence-corrected chi connectivity index (χ0v) is 9.08. The Labute approximate surface area is 88.0 Å². The minimum Gasteiger partial charge on any atom is -0.328 e. The molecule has 1 heterocycles. The van der Waals surface area contributed by atoms with Crippen LogP contribution in [0, 0.1) is 0 Å². The Kier molecular flexibility index (Phi) is 3.66. The Morgan fingerprint density at radius 2 is 2.43 bits per heavy atom. The van der Waals surface area contributed by atoms with Gasteiger partial charge in [-0.25, -0.2) is 0 Å². The smallest absolute Gasteiger partial charge is 0.183 e.